The summed E-state index contributed by atoms with van der Waals surface area (Å²) in [6.45, 7) is 6.31. The molecule has 0 unspecified atom stereocenters. The molecule has 1 nitrogen and oxygen atoms in total. The standard InChI is InChI=1S/C13H23N/c1-3-4-11-14-12-13(2)9-7-5-6-8-10-13/h14H,5-12H2,1-2H3. The van der Waals surface area contributed by atoms with Gasteiger partial charge >= 0.3 is 0 Å². The molecule has 80 valence electrons. The molecule has 1 aliphatic rings. The summed E-state index contributed by atoms with van der Waals surface area (Å²) in [5, 5.41) is 3.45. The minimum atomic E-state index is 0.534. The van der Waals surface area contributed by atoms with Crippen molar-refractivity contribution in [2.24, 2.45) is 5.41 Å². The average Bonchev–Trinajstić information content (AvgIpc) is 2.39. The van der Waals surface area contributed by atoms with Gasteiger partial charge in [-0.25, -0.2) is 0 Å². The molecule has 0 amide bonds. The molecule has 1 aliphatic carbocycles. The van der Waals surface area contributed by atoms with Crippen molar-refractivity contribution < 1.29 is 0 Å². The average molecular weight is 193 g/mol. The third-order valence-electron chi connectivity index (χ3n) is 3.25. The van der Waals surface area contributed by atoms with Crippen molar-refractivity contribution in [2.45, 2.75) is 52.4 Å². The number of hydrogen-bond acceptors (Lipinski definition) is 1. The van der Waals surface area contributed by atoms with E-state index in [2.05, 4.69) is 24.1 Å². The Morgan fingerprint density at radius 2 is 1.79 bits per heavy atom. The van der Waals surface area contributed by atoms with Crippen LogP contribution >= 0.6 is 0 Å². The van der Waals surface area contributed by atoms with Crippen LogP contribution in [0, 0.1) is 17.3 Å². The van der Waals surface area contributed by atoms with Gasteiger partial charge in [-0.1, -0.05) is 38.5 Å². The van der Waals surface area contributed by atoms with Gasteiger partial charge in [-0.15, -0.1) is 5.92 Å². The maximum atomic E-state index is 3.45. The highest BCUT2D eigenvalue weighted by Crippen LogP contribution is 2.33. The SMILES string of the molecule is CC#CCNCC1(C)CCCCCC1. The van der Waals surface area contributed by atoms with Gasteiger partial charge in [0.05, 0.1) is 6.54 Å². The Hall–Kier alpha value is -0.480. The topological polar surface area (TPSA) is 12.0 Å². The summed E-state index contributed by atoms with van der Waals surface area (Å²) in [4.78, 5) is 0. The molecular weight excluding hydrogens is 170 g/mol. The molecule has 0 saturated heterocycles. The minimum absolute atomic E-state index is 0.534. The second-order valence-electron chi connectivity index (χ2n) is 4.76. The summed E-state index contributed by atoms with van der Waals surface area (Å²) in [7, 11) is 0. The van der Waals surface area contributed by atoms with E-state index in [9.17, 15) is 0 Å². The Kier molecular flexibility index (Phi) is 5.04. The van der Waals surface area contributed by atoms with Crippen molar-refractivity contribution in [3.05, 3.63) is 0 Å². The van der Waals surface area contributed by atoms with E-state index in [1.807, 2.05) is 6.92 Å². The molecule has 0 heterocycles. The second kappa shape index (κ2) is 6.09. The van der Waals surface area contributed by atoms with Crippen LogP contribution in [0.5, 0.6) is 0 Å². The van der Waals surface area contributed by atoms with Gasteiger partial charge in [0, 0.05) is 6.54 Å². The molecular formula is C13H23N. The molecule has 1 fully saturated rings. The highest BCUT2D eigenvalue weighted by Gasteiger charge is 2.24. The van der Waals surface area contributed by atoms with E-state index in [4.69, 9.17) is 0 Å². The van der Waals surface area contributed by atoms with Crippen LogP contribution in [-0.2, 0) is 0 Å². The quantitative estimate of drug-likeness (QED) is 0.413. The molecule has 1 N–H and O–H groups in total. The molecule has 0 aliphatic heterocycles. The lowest BCUT2D eigenvalue weighted by Crippen LogP contribution is -2.31. The predicted octanol–water partition coefficient (Wildman–Crippen LogP) is 2.96. The first kappa shape index (κ1) is 11.6. The van der Waals surface area contributed by atoms with E-state index in [0.717, 1.165) is 13.1 Å². The van der Waals surface area contributed by atoms with Crippen LogP contribution in [0.2, 0.25) is 0 Å². The maximum absolute atomic E-state index is 3.45. The van der Waals surface area contributed by atoms with Crippen LogP contribution in [0.3, 0.4) is 0 Å². The van der Waals surface area contributed by atoms with Gasteiger partial charge in [-0.3, -0.25) is 0 Å². The second-order valence-corrected chi connectivity index (χ2v) is 4.76. The van der Waals surface area contributed by atoms with Gasteiger partial charge in [-0.2, -0.15) is 0 Å². The Labute approximate surface area is 88.7 Å². The van der Waals surface area contributed by atoms with Gasteiger partial charge in [0.15, 0.2) is 0 Å². The van der Waals surface area contributed by atoms with Crippen molar-refractivity contribution in [2.75, 3.05) is 13.1 Å². The maximum Gasteiger partial charge on any atom is 0.0576 e. The third kappa shape index (κ3) is 4.15. The smallest absolute Gasteiger partial charge is 0.0576 e. The van der Waals surface area contributed by atoms with Gasteiger partial charge < -0.3 is 5.32 Å². The highest BCUT2D eigenvalue weighted by molar-refractivity contribution is 4.97. The molecule has 0 aromatic heterocycles. The number of hydrogen-bond donors (Lipinski definition) is 1. The van der Waals surface area contributed by atoms with Crippen LogP contribution < -0.4 is 5.32 Å². The van der Waals surface area contributed by atoms with Gasteiger partial charge in [0.2, 0.25) is 0 Å². The number of rotatable bonds is 3. The lowest BCUT2D eigenvalue weighted by atomic mass is 9.82. The van der Waals surface area contributed by atoms with E-state index >= 15 is 0 Å². The van der Waals surface area contributed by atoms with E-state index in [1.54, 1.807) is 0 Å². The largest absolute Gasteiger partial charge is 0.306 e. The van der Waals surface area contributed by atoms with Gasteiger partial charge in [-0.05, 0) is 25.2 Å². The monoisotopic (exact) mass is 193 g/mol. The van der Waals surface area contributed by atoms with Crippen molar-refractivity contribution in [3.8, 4) is 11.8 Å². The van der Waals surface area contributed by atoms with E-state index < -0.39 is 0 Å². The summed E-state index contributed by atoms with van der Waals surface area (Å²) >= 11 is 0. The minimum Gasteiger partial charge on any atom is -0.306 e. The van der Waals surface area contributed by atoms with Crippen molar-refractivity contribution in [3.63, 3.8) is 0 Å². The normalized spacial score (nSPS) is 20.7. The Morgan fingerprint density at radius 3 is 2.36 bits per heavy atom. The lowest BCUT2D eigenvalue weighted by Gasteiger charge is -2.28. The molecule has 1 heteroatoms. The van der Waals surface area contributed by atoms with E-state index in [0.29, 0.717) is 5.41 Å². The van der Waals surface area contributed by atoms with Crippen LogP contribution in [0.25, 0.3) is 0 Å². The summed E-state index contributed by atoms with van der Waals surface area (Å²) in [6.07, 6.45) is 8.48. The summed E-state index contributed by atoms with van der Waals surface area (Å²) in [5.41, 5.74) is 0.534. The lowest BCUT2D eigenvalue weighted by molar-refractivity contribution is 0.267. The van der Waals surface area contributed by atoms with Crippen LogP contribution in [0.15, 0.2) is 0 Å². The fourth-order valence-electron chi connectivity index (χ4n) is 2.27. The van der Waals surface area contributed by atoms with Crippen molar-refractivity contribution >= 4 is 0 Å². The fourth-order valence-corrected chi connectivity index (χ4v) is 2.27. The molecule has 0 bridgehead atoms. The number of nitrogens with one attached hydrogen (secondary N) is 1. The van der Waals surface area contributed by atoms with Crippen molar-refractivity contribution in [1.29, 1.82) is 0 Å². The molecule has 1 saturated carbocycles. The molecule has 1 rings (SSSR count). The van der Waals surface area contributed by atoms with E-state index in [-0.39, 0.29) is 0 Å². The summed E-state index contributed by atoms with van der Waals surface area (Å²) in [6, 6.07) is 0. The fraction of sp³-hybridized carbons (Fsp3) is 0.846. The zero-order valence-corrected chi connectivity index (χ0v) is 9.66. The summed E-state index contributed by atoms with van der Waals surface area (Å²) in [5.74, 6) is 5.98. The molecule has 0 atom stereocenters. The van der Waals surface area contributed by atoms with Crippen LogP contribution in [0.4, 0.5) is 0 Å². The Bertz CT molecular complexity index is 201. The first-order valence-electron chi connectivity index (χ1n) is 5.87. The Morgan fingerprint density at radius 1 is 1.14 bits per heavy atom. The van der Waals surface area contributed by atoms with Crippen LogP contribution in [-0.4, -0.2) is 13.1 Å². The molecule has 0 radical (unpaired) electrons. The summed E-state index contributed by atoms with van der Waals surface area (Å²) < 4.78 is 0. The van der Waals surface area contributed by atoms with Gasteiger partial charge in [0.1, 0.15) is 0 Å². The van der Waals surface area contributed by atoms with E-state index in [1.165, 1.54) is 38.5 Å². The van der Waals surface area contributed by atoms with Crippen molar-refractivity contribution in [1.82, 2.24) is 5.32 Å². The molecule has 0 aromatic carbocycles. The third-order valence-corrected chi connectivity index (χ3v) is 3.25. The zero-order valence-electron chi connectivity index (χ0n) is 9.66. The predicted molar refractivity (Wildman–Crippen MR) is 62.1 cm³/mol. The van der Waals surface area contributed by atoms with Gasteiger partial charge in [0.25, 0.3) is 0 Å². The molecule has 14 heavy (non-hydrogen) atoms. The first-order chi connectivity index (χ1) is 6.77. The molecule has 0 spiro atoms. The zero-order chi connectivity index (χ0) is 10.3. The first-order valence-corrected chi connectivity index (χ1v) is 5.87. The Balaban J connectivity index is 2.26. The molecule has 0 aromatic rings. The van der Waals surface area contributed by atoms with Crippen LogP contribution in [0.1, 0.15) is 52.4 Å². The highest BCUT2D eigenvalue weighted by atomic mass is 14.9.